The van der Waals surface area contributed by atoms with Gasteiger partial charge in [0, 0.05) is 35.6 Å². The molecule has 114 valence electrons. The van der Waals surface area contributed by atoms with Crippen molar-refractivity contribution < 1.29 is 4.74 Å². The minimum Gasteiger partial charge on any atom is -0.493 e. The minimum atomic E-state index is 0.826. The number of hydrogen-bond acceptors (Lipinski definition) is 3. The predicted octanol–water partition coefficient (Wildman–Crippen LogP) is 2.96. The first-order valence-electron chi connectivity index (χ1n) is 8.18. The summed E-state index contributed by atoms with van der Waals surface area (Å²) in [4.78, 5) is 2.59. The van der Waals surface area contributed by atoms with Crippen LogP contribution in [0.25, 0.3) is 0 Å². The predicted molar refractivity (Wildman–Crippen MR) is 87.7 cm³/mol. The Kier molecular flexibility index (Phi) is 3.94. The third-order valence-corrected chi connectivity index (χ3v) is 5.32. The summed E-state index contributed by atoms with van der Waals surface area (Å²) in [6.07, 6.45) is 5.16. The van der Waals surface area contributed by atoms with Crippen LogP contribution in [0.2, 0.25) is 0 Å². The Labute approximate surface area is 135 Å². The highest BCUT2D eigenvalue weighted by Crippen LogP contribution is 2.34. The van der Waals surface area contributed by atoms with Crippen molar-refractivity contribution in [2.45, 2.75) is 38.3 Å². The van der Waals surface area contributed by atoms with Gasteiger partial charge in [-0.2, -0.15) is 0 Å². The van der Waals surface area contributed by atoms with E-state index < -0.39 is 0 Å². The molecule has 1 aliphatic carbocycles. The molecule has 4 rings (SSSR count). The lowest BCUT2D eigenvalue weighted by molar-refractivity contribution is 0.301. The number of ether oxygens (including phenoxy) is 1. The number of nitrogens with one attached hydrogen (secondary N) is 1. The van der Waals surface area contributed by atoms with Crippen LogP contribution in [0.3, 0.4) is 0 Å². The van der Waals surface area contributed by atoms with Crippen LogP contribution in [0.5, 0.6) is 5.75 Å². The Morgan fingerprint density at radius 3 is 3.05 bits per heavy atom. The zero-order valence-electron chi connectivity index (χ0n) is 12.4. The van der Waals surface area contributed by atoms with Gasteiger partial charge in [0.05, 0.1) is 6.61 Å². The van der Waals surface area contributed by atoms with Gasteiger partial charge in [-0.25, -0.2) is 0 Å². The zero-order chi connectivity index (χ0) is 14.2. The van der Waals surface area contributed by atoms with Crippen molar-refractivity contribution in [3.05, 3.63) is 27.7 Å². The van der Waals surface area contributed by atoms with Crippen LogP contribution in [-0.4, -0.2) is 37.2 Å². The number of rotatable bonds is 5. The topological polar surface area (TPSA) is 24.5 Å². The van der Waals surface area contributed by atoms with E-state index in [2.05, 4.69) is 38.3 Å². The molecule has 0 amide bonds. The Morgan fingerprint density at radius 1 is 1.29 bits per heavy atom. The third-order valence-electron chi connectivity index (χ3n) is 4.86. The normalized spacial score (nSPS) is 25.1. The van der Waals surface area contributed by atoms with Gasteiger partial charge < -0.3 is 10.1 Å². The SMILES string of the molecule is Brc1cc2c(c(CN3CCC(CNC4CC4)C3)c1)OCC2. The summed E-state index contributed by atoms with van der Waals surface area (Å²) in [7, 11) is 0. The number of benzene rings is 1. The molecular formula is C17H23BrN2O. The fourth-order valence-electron chi connectivity index (χ4n) is 3.55. The summed E-state index contributed by atoms with van der Waals surface area (Å²) in [5.41, 5.74) is 2.72. The average Bonchev–Trinajstić information content (AvgIpc) is 2.98. The van der Waals surface area contributed by atoms with Crippen molar-refractivity contribution in [3.8, 4) is 5.75 Å². The molecule has 2 heterocycles. The molecule has 0 aromatic heterocycles. The van der Waals surface area contributed by atoms with E-state index in [4.69, 9.17) is 4.74 Å². The second-order valence-electron chi connectivity index (χ2n) is 6.72. The van der Waals surface area contributed by atoms with E-state index in [0.717, 1.165) is 37.3 Å². The number of likely N-dealkylation sites (tertiary alicyclic amines) is 1. The molecule has 1 unspecified atom stereocenters. The fourth-order valence-corrected chi connectivity index (χ4v) is 4.10. The molecule has 3 nitrogen and oxygen atoms in total. The molecular weight excluding hydrogens is 328 g/mol. The zero-order valence-corrected chi connectivity index (χ0v) is 14.0. The standard InChI is InChI=1S/C17H23BrN2O/c18-15-7-13-4-6-21-17(13)14(8-15)11-20-5-3-12(10-20)9-19-16-1-2-16/h7-8,12,16,19H,1-6,9-11H2. The monoisotopic (exact) mass is 350 g/mol. The number of fused-ring (bicyclic) bond motifs is 1. The van der Waals surface area contributed by atoms with Gasteiger partial charge in [-0.1, -0.05) is 15.9 Å². The first-order chi connectivity index (χ1) is 10.3. The van der Waals surface area contributed by atoms with Crippen LogP contribution in [0, 0.1) is 5.92 Å². The molecule has 0 radical (unpaired) electrons. The lowest BCUT2D eigenvalue weighted by atomic mass is 10.1. The van der Waals surface area contributed by atoms with E-state index in [9.17, 15) is 0 Å². The maximum atomic E-state index is 5.85. The van der Waals surface area contributed by atoms with Gasteiger partial charge in [-0.3, -0.25) is 4.90 Å². The van der Waals surface area contributed by atoms with Crippen LogP contribution >= 0.6 is 15.9 Å². The first-order valence-corrected chi connectivity index (χ1v) is 8.97. The van der Waals surface area contributed by atoms with E-state index in [0.29, 0.717) is 0 Å². The third kappa shape index (κ3) is 3.27. The van der Waals surface area contributed by atoms with Gasteiger partial charge in [-0.05, 0) is 56.0 Å². The molecule has 2 aliphatic heterocycles. The van der Waals surface area contributed by atoms with Crippen LogP contribution in [0.15, 0.2) is 16.6 Å². The number of halogens is 1. The largest absolute Gasteiger partial charge is 0.493 e. The van der Waals surface area contributed by atoms with Gasteiger partial charge in [-0.15, -0.1) is 0 Å². The molecule has 1 aromatic rings. The molecule has 1 N–H and O–H groups in total. The molecule has 3 aliphatic rings. The van der Waals surface area contributed by atoms with Gasteiger partial charge in [0.15, 0.2) is 0 Å². The lowest BCUT2D eigenvalue weighted by Crippen LogP contribution is -2.27. The summed E-state index contributed by atoms with van der Waals surface area (Å²) >= 11 is 3.64. The second kappa shape index (κ2) is 5.90. The van der Waals surface area contributed by atoms with Crippen LogP contribution in [0.1, 0.15) is 30.4 Å². The van der Waals surface area contributed by atoms with Gasteiger partial charge in [0.2, 0.25) is 0 Å². The van der Waals surface area contributed by atoms with Crippen LogP contribution < -0.4 is 10.1 Å². The molecule has 1 aromatic carbocycles. The summed E-state index contributed by atoms with van der Waals surface area (Å²) in [6.45, 7) is 5.52. The van der Waals surface area contributed by atoms with Crippen LogP contribution in [-0.2, 0) is 13.0 Å². The maximum Gasteiger partial charge on any atom is 0.127 e. The molecule has 1 saturated heterocycles. The Hall–Kier alpha value is -0.580. The lowest BCUT2D eigenvalue weighted by Gasteiger charge is -2.18. The number of nitrogens with zero attached hydrogens (tertiary/aromatic N) is 1. The maximum absolute atomic E-state index is 5.85. The van der Waals surface area contributed by atoms with Gasteiger partial charge >= 0.3 is 0 Å². The van der Waals surface area contributed by atoms with Crippen molar-refractivity contribution in [2.24, 2.45) is 5.92 Å². The first kappa shape index (κ1) is 14.0. The van der Waals surface area contributed by atoms with E-state index in [1.807, 2.05) is 0 Å². The van der Waals surface area contributed by atoms with Crippen molar-refractivity contribution in [1.82, 2.24) is 10.2 Å². The number of hydrogen-bond donors (Lipinski definition) is 1. The summed E-state index contributed by atoms with van der Waals surface area (Å²) in [5, 5.41) is 3.67. The fraction of sp³-hybridized carbons (Fsp3) is 0.647. The van der Waals surface area contributed by atoms with Crippen LogP contribution in [0.4, 0.5) is 0 Å². The smallest absolute Gasteiger partial charge is 0.127 e. The Morgan fingerprint density at radius 2 is 2.19 bits per heavy atom. The Balaban J connectivity index is 1.38. The second-order valence-corrected chi connectivity index (χ2v) is 7.64. The van der Waals surface area contributed by atoms with Crippen molar-refractivity contribution in [3.63, 3.8) is 0 Å². The summed E-state index contributed by atoms with van der Waals surface area (Å²) in [6, 6.07) is 5.28. The van der Waals surface area contributed by atoms with Crippen molar-refractivity contribution in [2.75, 3.05) is 26.2 Å². The minimum absolute atomic E-state index is 0.826. The highest BCUT2D eigenvalue weighted by molar-refractivity contribution is 9.10. The van der Waals surface area contributed by atoms with Gasteiger partial charge in [0.1, 0.15) is 5.75 Å². The summed E-state index contributed by atoms with van der Waals surface area (Å²) < 4.78 is 7.04. The molecule has 21 heavy (non-hydrogen) atoms. The molecule has 1 saturated carbocycles. The van der Waals surface area contributed by atoms with E-state index in [1.54, 1.807) is 0 Å². The summed E-state index contributed by atoms with van der Waals surface area (Å²) in [5.74, 6) is 1.98. The molecule has 4 heteroatoms. The van der Waals surface area contributed by atoms with Crippen molar-refractivity contribution in [1.29, 1.82) is 0 Å². The molecule has 0 spiro atoms. The van der Waals surface area contributed by atoms with E-state index >= 15 is 0 Å². The van der Waals surface area contributed by atoms with E-state index in [1.165, 1.54) is 54.5 Å². The highest BCUT2D eigenvalue weighted by atomic mass is 79.9. The molecule has 0 bridgehead atoms. The quantitative estimate of drug-likeness (QED) is 0.883. The average molecular weight is 351 g/mol. The molecule has 1 atom stereocenters. The highest BCUT2D eigenvalue weighted by Gasteiger charge is 2.27. The Bertz CT molecular complexity index is 530. The van der Waals surface area contributed by atoms with Crippen molar-refractivity contribution >= 4 is 15.9 Å². The van der Waals surface area contributed by atoms with E-state index in [-0.39, 0.29) is 0 Å². The van der Waals surface area contributed by atoms with Gasteiger partial charge in [0.25, 0.3) is 0 Å². The molecule has 2 fully saturated rings.